The average Bonchev–Trinajstić information content (AvgIpc) is 2.81. The first kappa shape index (κ1) is 14.4. The molecule has 0 saturated carbocycles. The van der Waals surface area contributed by atoms with Crippen molar-refractivity contribution in [3.8, 4) is 0 Å². The molecule has 1 amide bonds. The molecule has 6 nitrogen and oxygen atoms in total. The van der Waals surface area contributed by atoms with Crippen LogP contribution in [0, 0.1) is 0 Å². The zero-order valence-corrected chi connectivity index (χ0v) is 11.5. The number of halogens is 2. The summed E-state index contributed by atoms with van der Waals surface area (Å²) < 4.78 is 1.16. The molecule has 0 aliphatic rings. The third-order valence-corrected chi connectivity index (χ3v) is 3.11. The number of aromatic nitrogens is 2. The molecule has 2 N–H and O–H groups in total. The number of carboxylic acids is 1. The van der Waals surface area contributed by atoms with Crippen LogP contribution in [0.5, 0.6) is 0 Å². The first-order valence-corrected chi connectivity index (χ1v) is 6.22. The average molecular weight is 314 g/mol. The van der Waals surface area contributed by atoms with Crippen molar-refractivity contribution in [3.63, 3.8) is 0 Å². The number of hydrogen-bond donors (Lipinski definition) is 2. The normalized spacial score (nSPS) is 10.3. The molecule has 0 aliphatic carbocycles. The van der Waals surface area contributed by atoms with Gasteiger partial charge in [0.1, 0.15) is 6.54 Å². The van der Waals surface area contributed by atoms with Gasteiger partial charge >= 0.3 is 5.97 Å². The molecule has 1 aromatic carbocycles. The number of benzene rings is 1. The lowest BCUT2D eigenvalue weighted by Crippen LogP contribution is -2.12. The van der Waals surface area contributed by atoms with Crippen LogP contribution >= 0.6 is 23.2 Å². The fourth-order valence-electron chi connectivity index (χ4n) is 1.48. The molecule has 0 bridgehead atoms. The van der Waals surface area contributed by atoms with E-state index < -0.39 is 11.9 Å². The quantitative estimate of drug-likeness (QED) is 0.908. The Labute approximate surface area is 123 Å². The molecule has 8 heteroatoms. The second-order valence-corrected chi connectivity index (χ2v) is 4.72. The SMILES string of the molecule is O=C(O)Cn1cc(C(=O)Nc2ccc(Cl)c(Cl)c2)cn1. The van der Waals surface area contributed by atoms with E-state index >= 15 is 0 Å². The van der Waals surface area contributed by atoms with E-state index in [1.165, 1.54) is 18.5 Å². The minimum absolute atomic E-state index is 0.248. The van der Waals surface area contributed by atoms with Crippen molar-refractivity contribution in [1.82, 2.24) is 9.78 Å². The van der Waals surface area contributed by atoms with Gasteiger partial charge in [-0.15, -0.1) is 0 Å². The molecular weight excluding hydrogens is 305 g/mol. The van der Waals surface area contributed by atoms with Gasteiger partial charge in [0, 0.05) is 11.9 Å². The molecule has 1 aromatic heterocycles. The van der Waals surface area contributed by atoms with Gasteiger partial charge in [-0.1, -0.05) is 23.2 Å². The standard InChI is InChI=1S/C12H9Cl2N3O3/c13-9-2-1-8(3-10(9)14)16-12(20)7-4-15-17(5-7)6-11(18)19/h1-5H,6H2,(H,16,20)(H,18,19). The maximum Gasteiger partial charge on any atom is 0.325 e. The summed E-state index contributed by atoms with van der Waals surface area (Å²) in [5.74, 6) is -1.45. The van der Waals surface area contributed by atoms with Crippen molar-refractivity contribution in [2.24, 2.45) is 0 Å². The fourth-order valence-corrected chi connectivity index (χ4v) is 1.78. The van der Waals surface area contributed by atoms with Gasteiger partial charge < -0.3 is 10.4 Å². The van der Waals surface area contributed by atoms with E-state index in [1.807, 2.05) is 0 Å². The maximum atomic E-state index is 11.9. The molecule has 1 heterocycles. The van der Waals surface area contributed by atoms with E-state index in [2.05, 4.69) is 10.4 Å². The summed E-state index contributed by atoms with van der Waals surface area (Å²) in [7, 11) is 0. The van der Waals surface area contributed by atoms with Crippen molar-refractivity contribution in [1.29, 1.82) is 0 Å². The lowest BCUT2D eigenvalue weighted by atomic mass is 10.3. The Morgan fingerprint density at radius 2 is 2.05 bits per heavy atom. The number of carboxylic acid groups (broad SMARTS) is 1. The predicted octanol–water partition coefficient (Wildman–Crippen LogP) is 2.53. The van der Waals surface area contributed by atoms with Crippen molar-refractivity contribution < 1.29 is 14.7 Å². The Morgan fingerprint density at radius 1 is 1.30 bits per heavy atom. The molecule has 0 fully saturated rings. The van der Waals surface area contributed by atoms with Gasteiger partial charge in [-0.25, -0.2) is 0 Å². The van der Waals surface area contributed by atoms with E-state index in [1.54, 1.807) is 12.1 Å². The molecular formula is C12H9Cl2N3O3. The zero-order valence-electron chi connectivity index (χ0n) is 10.0. The first-order chi connectivity index (χ1) is 9.45. The van der Waals surface area contributed by atoms with Gasteiger partial charge in [0.15, 0.2) is 0 Å². The van der Waals surface area contributed by atoms with E-state index in [4.69, 9.17) is 28.3 Å². The van der Waals surface area contributed by atoms with Crippen LogP contribution < -0.4 is 5.32 Å². The third-order valence-electron chi connectivity index (χ3n) is 2.37. The summed E-state index contributed by atoms with van der Waals surface area (Å²) in [6.45, 7) is -0.306. The van der Waals surface area contributed by atoms with Gasteiger partial charge in [-0.2, -0.15) is 5.10 Å². The monoisotopic (exact) mass is 313 g/mol. The second-order valence-electron chi connectivity index (χ2n) is 3.90. The topological polar surface area (TPSA) is 84.2 Å². The molecule has 0 saturated heterocycles. The van der Waals surface area contributed by atoms with E-state index in [0.717, 1.165) is 4.68 Å². The van der Waals surface area contributed by atoms with Crippen LogP contribution in [0.15, 0.2) is 30.6 Å². The lowest BCUT2D eigenvalue weighted by Gasteiger charge is -2.04. The van der Waals surface area contributed by atoms with Crippen LogP contribution in [-0.2, 0) is 11.3 Å². The fraction of sp³-hybridized carbons (Fsp3) is 0.0833. The van der Waals surface area contributed by atoms with Crippen LogP contribution in [0.2, 0.25) is 10.0 Å². The number of amides is 1. The summed E-state index contributed by atoms with van der Waals surface area (Å²) in [4.78, 5) is 22.4. The Bertz CT molecular complexity index is 670. The number of nitrogens with zero attached hydrogens (tertiary/aromatic N) is 2. The molecule has 20 heavy (non-hydrogen) atoms. The van der Waals surface area contributed by atoms with Crippen molar-refractivity contribution in [3.05, 3.63) is 46.2 Å². The third kappa shape index (κ3) is 3.49. The van der Waals surface area contributed by atoms with Gasteiger partial charge in [-0.3, -0.25) is 14.3 Å². The molecule has 104 valence electrons. The Morgan fingerprint density at radius 3 is 2.70 bits per heavy atom. The summed E-state index contributed by atoms with van der Waals surface area (Å²) in [6.07, 6.45) is 2.64. The van der Waals surface area contributed by atoms with Gasteiger partial charge in [-0.05, 0) is 18.2 Å². The first-order valence-electron chi connectivity index (χ1n) is 5.46. The van der Waals surface area contributed by atoms with Crippen LogP contribution in [0.4, 0.5) is 5.69 Å². The number of carbonyl (C=O) groups excluding carboxylic acids is 1. The highest BCUT2D eigenvalue weighted by atomic mass is 35.5. The van der Waals surface area contributed by atoms with Crippen molar-refractivity contribution in [2.45, 2.75) is 6.54 Å². The molecule has 0 radical (unpaired) electrons. The number of anilines is 1. The van der Waals surface area contributed by atoms with E-state index in [-0.39, 0.29) is 12.1 Å². The van der Waals surface area contributed by atoms with Gasteiger partial charge in [0.25, 0.3) is 5.91 Å². The minimum atomic E-state index is -1.04. The van der Waals surface area contributed by atoms with E-state index in [0.29, 0.717) is 15.7 Å². The summed E-state index contributed by atoms with van der Waals surface area (Å²) in [5, 5.41) is 15.7. The summed E-state index contributed by atoms with van der Waals surface area (Å²) >= 11 is 11.6. The van der Waals surface area contributed by atoms with Crippen LogP contribution in [-0.4, -0.2) is 26.8 Å². The highest BCUT2D eigenvalue weighted by Gasteiger charge is 2.11. The smallest absolute Gasteiger partial charge is 0.325 e. The number of aliphatic carboxylic acids is 1. The molecule has 0 aliphatic heterocycles. The molecule has 2 rings (SSSR count). The van der Waals surface area contributed by atoms with Crippen molar-refractivity contribution >= 4 is 40.8 Å². The van der Waals surface area contributed by atoms with Gasteiger partial charge in [0.05, 0.1) is 21.8 Å². The number of nitrogens with one attached hydrogen (secondary N) is 1. The largest absolute Gasteiger partial charge is 0.480 e. The molecule has 0 atom stereocenters. The van der Waals surface area contributed by atoms with Crippen molar-refractivity contribution in [2.75, 3.05) is 5.32 Å². The van der Waals surface area contributed by atoms with Crippen LogP contribution in [0.3, 0.4) is 0 Å². The minimum Gasteiger partial charge on any atom is -0.480 e. The zero-order chi connectivity index (χ0) is 14.7. The van der Waals surface area contributed by atoms with E-state index in [9.17, 15) is 9.59 Å². The highest BCUT2D eigenvalue weighted by molar-refractivity contribution is 6.42. The Kier molecular flexibility index (Phi) is 4.26. The Hall–Kier alpha value is -2.05. The van der Waals surface area contributed by atoms with Crippen LogP contribution in [0.1, 0.15) is 10.4 Å². The second kappa shape index (κ2) is 5.94. The molecule has 0 spiro atoms. The Balaban J connectivity index is 2.09. The maximum absolute atomic E-state index is 11.9. The summed E-state index contributed by atoms with van der Waals surface area (Å²) in [5.41, 5.74) is 0.729. The highest BCUT2D eigenvalue weighted by Crippen LogP contribution is 2.25. The number of rotatable bonds is 4. The van der Waals surface area contributed by atoms with Gasteiger partial charge in [0.2, 0.25) is 0 Å². The van der Waals surface area contributed by atoms with Crippen LogP contribution in [0.25, 0.3) is 0 Å². The molecule has 2 aromatic rings. The number of carbonyl (C=O) groups is 2. The lowest BCUT2D eigenvalue weighted by molar-refractivity contribution is -0.137. The molecule has 0 unspecified atom stereocenters. The summed E-state index contributed by atoms with van der Waals surface area (Å²) in [6, 6.07) is 4.69. The predicted molar refractivity (Wildman–Crippen MR) is 74.3 cm³/mol. The number of hydrogen-bond acceptors (Lipinski definition) is 3.